The zero-order chi connectivity index (χ0) is 25.2. The van der Waals surface area contributed by atoms with Gasteiger partial charge in [-0.3, -0.25) is 4.98 Å². The van der Waals surface area contributed by atoms with Crippen LogP contribution in [0.1, 0.15) is 33.5 Å². The number of pyridine rings is 1. The van der Waals surface area contributed by atoms with Crippen LogP contribution in [0.3, 0.4) is 0 Å². The lowest BCUT2D eigenvalue weighted by molar-refractivity contribution is 0.514. The monoisotopic (exact) mass is 477 g/mol. The first-order valence-electron chi connectivity index (χ1n) is 12.4. The molecule has 0 N–H and O–H groups in total. The summed E-state index contributed by atoms with van der Waals surface area (Å²) in [5, 5.41) is 1.12. The number of benzene rings is 4. The molecule has 178 valence electrons. The van der Waals surface area contributed by atoms with E-state index in [1.807, 2.05) is 18.6 Å². The molecule has 2 heterocycles. The third-order valence-corrected chi connectivity index (χ3v) is 7.21. The van der Waals surface area contributed by atoms with Crippen LogP contribution in [0.4, 0.5) is 0 Å². The van der Waals surface area contributed by atoms with E-state index in [4.69, 9.17) is 4.98 Å². The van der Waals surface area contributed by atoms with Crippen molar-refractivity contribution in [3.8, 4) is 0 Å². The number of aryl methyl sites for hydroxylation is 1. The fourth-order valence-electron chi connectivity index (χ4n) is 5.40. The van der Waals surface area contributed by atoms with Crippen LogP contribution >= 0.6 is 0 Å². The molecule has 3 nitrogen and oxygen atoms in total. The number of fused-ring (bicyclic) bond motifs is 1. The van der Waals surface area contributed by atoms with Crippen molar-refractivity contribution in [2.75, 3.05) is 0 Å². The van der Waals surface area contributed by atoms with E-state index in [0.717, 1.165) is 50.0 Å². The summed E-state index contributed by atoms with van der Waals surface area (Å²) < 4.78 is 2.22. The van der Waals surface area contributed by atoms with E-state index in [2.05, 4.69) is 138 Å². The molecule has 4 aromatic carbocycles. The molecule has 0 aliphatic rings. The number of imidazole rings is 1. The minimum Gasteiger partial charge on any atom is -0.318 e. The van der Waals surface area contributed by atoms with Crippen LogP contribution in [0.5, 0.6) is 0 Å². The van der Waals surface area contributed by atoms with Gasteiger partial charge in [-0.15, -0.1) is 0 Å². The van der Waals surface area contributed by atoms with Gasteiger partial charge >= 0.3 is 0 Å². The van der Waals surface area contributed by atoms with E-state index in [-0.39, 0.29) is 0 Å². The third-order valence-electron chi connectivity index (χ3n) is 7.21. The lowest BCUT2D eigenvalue weighted by atomic mass is 9.76. The van der Waals surface area contributed by atoms with Gasteiger partial charge in [-0.1, -0.05) is 116 Å². The second kappa shape index (κ2) is 9.36. The zero-order valence-corrected chi connectivity index (χ0v) is 20.8. The maximum absolute atomic E-state index is 4.90. The van der Waals surface area contributed by atoms with Crippen molar-refractivity contribution in [1.29, 1.82) is 0 Å². The molecule has 0 aliphatic heterocycles. The van der Waals surface area contributed by atoms with Crippen LogP contribution in [0.25, 0.3) is 16.5 Å². The van der Waals surface area contributed by atoms with Crippen molar-refractivity contribution < 1.29 is 0 Å². The van der Waals surface area contributed by atoms with Crippen LogP contribution in [0.2, 0.25) is 0 Å². The average molecular weight is 478 g/mol. The van der Waals surface area contributed by atoms with Gasteiger partial charge in [0.2, 0.25) is 0 Å². The quantitative estimate of drug-likeness (QED) is 0.231. The molecule has 0 saturated carbocycles. The predicted molar refractivity (Wildman–Crippen MR) is 151 cm³/mol. The molecule has 0 amide bonds. The number of nitrogens with zero attached hydrogens (tertiary/aromatic N) is 3. The summed E-state index contributed by atoms with van der Waals surface area (Å²) in [6.07, 6.45) is 5.89. The average Bonchev–Trinajstić information content (AvgIpc) is 3.46. The van der Waals surface area contributed by atoms with E-state index in [9.17, 15) is 0 Å². The molecule has 0 unspecified atom stereocenters. The number of hydrogen-bond donors (Lipinski definition) is 0. The van der Waals surface area contributed by atoms with Crippen LogP contribution in [0.15, 0.2) is 141 Å². The largest absolute Gasteiger partial charge is 0.318 e. The molecule has 0 aliphatic carbocycles. The molecule has 2 aromatic heterocycles. The molecule has 0 saturated heterocycles. The van der Waals surface area contributed by atoms with Gasteiger partial charge in [-0.25, -0.2) is 4.98 Å². The smallest absolute Gasteiger partial charge is 0.121 e. The Kier molecular flexibility index (Phi) is 5.74. The van der Waals surface area contributed by atoms with Gasteiger partial charge in [0.1, 0.15) is 5.54 Å². The standard InChI is InChI=1S/C34H27N3/c1-25(31-21-20-27-13-12-22-35-33(27)26(31)2)32-23-37(24-36-32)34(28-14-6-3-7-15-28,29-16-8-4-9-17-29)30-18-10-5-11-19-30/h3-24H,1H2,2H3. The SMILES string of the molecule is C=C(c1cn(C(c2ccccc2)(c2ccccc2)c2ccccc2)cn1)c1ccc2cccnc2c1C. The Morgan fingerprint density at radius 3 is 1.81 bits per heavy atom. The van der Waals surface area contributed by atoms with Gasteiger partial charge in [0.15, 0.2) is 0 Å². The molecule has 37 heavy (non-hydrogen) atoms. The fourth-order valence-corrected chi connectivity index (χ4v) is 5.40. The topological polar surface area (TPSA) is 30.7 Å². The summed E-state index contributed by atoms with van der Waals surface area (Å²) in [7, 11) is 0. The Balaban J connectivity index is 1.56. The highest BCUT2D eigenvalue weighted by Gasteiger charge is 2.38. The number of aromatic nitrogens is 3. The van der Waals surface area contributed by atoms with Gasteiger partial charge < -0.3 is 4.57 Å². The molecular formula is C34H27N3. The molecule has 0 atom stereocenters. The van der Waals surface area contributed by atoms with Crippen molar-refractivity contribution in [2.24, 2.45) is 0 Å². The molecule has 3 heteroatoms. The van der Waals surface area contributed by atoms with Crippen LogP contribution in [-0.4, -0.2) is 14.5 Å². The highest BCUT2D eigenvalue weighted by atomic mass is 15.1. The number of hydrogen-bond acceptors (Lipinski definition) is 2. The Morgan fingerprint density at radius 2 is 1.24 bits per heavy atom. The first-order valence-corrected chi connectivity index (χ1v) is 12.4. The van der Waals surface area contributed by atoms with Crippen LogP contribution in [0, 0.1) is 6.92 Å². The summed E-state index contributed by atoms with van der Waals surface area (Å²) in [4.78, 5) is 9.51. The minimum absolute atomic E-state index is 0.602. The minimum atomic E-state index is -0.602. The van der Waals surface area contributed by atoms with Crippen molar-refractivity contribution in [3.05, 3.63) is 174 Å². The maximum Gasteiger partial charge on any atom is 0.121 e. The van der Waals surface area contributed by atoms with E-state index in [1.165, 1.54) is 0 Å². The van der Waals surface area contributed by atoms with Gasteiger partial charge in [-0.2, -0.15) is 0 Å². The zero-order valence-electron chi connectivity index (χ0n) is 20.8. The third kappa shape index (κ3) is 3.76. The highest BCUT2D eigenvalue weighted by Crippen LogP contribution is 2.41. The lowest BCUT2D eigenvalue weighted by Crippen LogP contribution is -2.36. The first kappa shape index (κ1) is 22.7. The molecular weight excluding hydrogens is 450 g/mol. The van der Waals surface area contributed by atoms with Gasteiger partial charge in [0, 0.05) is 23.4 Å². The first-order chi connectivity index (χ1) is 18.2. The normalized spacial score (nSPS) is 11.5. The van der Waals surface area contributed by atoms with Crippen molar-refractivity contribution in [2.45, 2.75) is 12.5 Å². The second-order valence-corrected chi connectivity index (χ2v) is 9.27. The summed E-state index contributed by atoms with van der Waals surface area (Å²) in [5.41, 5.74) is 7.76. The lowest BCUT2D eigenvalue weighted by Gasteiger charge is -2.37. The Hall–Kier alpha value is -4.76. The van der Waals surface area contributed by atoms with Gasteiger partial charge in [0.25, 0.3) is 0 Å². The number of rotatable bonds is 6. The van der Waals surface area contributed by atoms with Crippen molar-refractivity contribution in [1.82, 2.24) is 14.5 Å². The molecule has 0 radical (unpaired) electrons. The van der Waals surface area contributed by atoms with E-state index >= 15 is 0 Å². The highest BCUT2D eigenvalue weighted by molar-refractivity contribution is 5.89. The van der Waals surface area contributed by atoms with Gasteiger partial charge in [0.05, 0.1) is 17.5 Å². The predicted octanol–water partition coefficient (Wildman–Crippen LogP) is 7.64. The molecule has 0 bridgehead atoms. The molecule has 6 rings (SSSR count). The summed E-state index contributed by atoms with van der Waals surface area (Å²) >= 11 is 0. The van der Waals surface area contributed by atoms with Crippen molar-refractivity contribution >= 4 is 16.5 Å². The Bertz CT molecular complexity index is 1590. The van der Waals surface area contributed by atoms with Crippen LogP contribution in [-0.2, 0) is 5.54 Å². The molecule has 0 fully saturated rings. The van der Waals surface area contributed by atoms with E-state index in [1.54, 1.807) is 0 Å². The molecule has 6 aromatic rings. The van der Waals surface area contributed by atoms with Crippen molar-refractivity contribution in [3.63, 3.8) is 0 Å². The van der Waals surface area contributed by atoms with E-state index < -0.39 is 5.54 Å². The van der Waals surface area contributed by atoms with Gasteiger partial charge in [-0.05, 0) is 40.8 Å². The maximum atomic E-state index is 4.90. The summed E-state index contributed by atoms with van der Waals surface area (Å²) in [5.74, 6) is 0. The van der Waals surface area contributed by atoms with Crippen LogP contribution < -0.4 is 0 Å². The Labute approximate surface area is 217 Å². The van der Waals surface area contributed by atoms with E-state index in [0.29, 0.717) is 0 Å². The molecule has 0 spiro atoms. The fraction of sp³-hybridized carbons (Fsp3) is 0.0588. The summed E-state index contributed by atoms with van der Waals surface area (Å²) in [6, 6.07) is 40.2. The summed E-state index contributed by atoms with van der Waals surface area (Å²) in [6.45, 7) is 6.58. The second-order valence-electron chi connectivity index (χ2n) is 9.27. The Morgan fingerprint density at radius 1 is 0.676 bits per heavy atom.